The lowest BCUT2D eigenvalue weighted by Crippen LogP contribution is -2.35. The quantitative estimate of drug-likeness (QED) is 0.787. The van der Waals surface area contributed by atoms with Crippen molar-refractivity contribution < 1.29 is 9.59 Å². The Morgan fingerprint density at radius 1 is 1.21 bits per heavy atom. The lowest BCUT2D eigenvalue weighted by atomic mass is 9.98. The van der Waals surface area contributed by atoms with Crippen LogP contribution in [0.4, 0.5) is 10.5 Å². The molecule has 0 saturated heterocycles. The minimum absolute atomic E-state index is 0.0323. The van der Waals surface area contributed by atoms with Gasteiger partial charge < -0.3 is 16.4 Å². The van der Waals surface area contributed by atoms with E-state index in [1.54, 1.807) is 24.3 Å². The molecule has 6 heteroatoms. The van der Waals surface area contributed by atoms with E-state index in [1.807, 2.05) is 37.3 Å². The normalized spacial score (nSPS) is 11.2. The molecule has 0 bridgehead atoms. The second-order valence-electron chi connectivity index (χ2n) is 5.36. The largest absolute Gasteiger partial charge is 0.352 e. The summed E-state index contributed by atoms with van der Waals surface area (Å²) in [6, 6.07) is 14.9. The van der Waals surface area contributed by atoms with Gasteiger partial charge in [0.15, 0.2) is 0 Å². The second-order valence-corrected chi connectivity index (χ2v) is 5.36. The first-order valence-electron chi connectivity index (χ1n) is 7.41. The zero-order valence-electron chi connectivity index (χ0n) is 13.2. The van der Waals surface area contributed by atoms with E-state index in [-0.39, 0.29) is 12.3 Å². The third-order valence-corrected chi connectivity index (χ3v) is 3.55. The van der Waals surface area contributed by atoms with Crippen LogP contribution in [0.25, 0.3) is 0 Å². The molecule has 1 atom stereocenters. The SMILES string of the molecule is Cc1ccccc1C(CC(=O)Nc1cccc(C#N)c1)NC(N)=O. The monoisotopic (exact) mass is 322 g/mol. The van der Waals surface area contributed by atoms with Crippen molar-refractivity contribution in [2.75, 3.05) is 5.32 Å². The van der Waals surface area contributed by atoms with Gasteiger partial charge in [0.25, 0.3) is 0 Å². The van der Waals surface area contributed by atoms with Crippen LogP contribution in [0.1, 0.15) is 29.2 Å². The summed E-state index contributed by atoms with van der Waals surface area (Å²) in [5.41, 5.74) is 8.00. The van der Waals surface area contributed by atoms with Gasteiger partial charge in [0.1, 0.15) is 0 Å². The number of nitrogens with zero attached hydrogens (tertiary/aromatic N) is 1. The Labute approximate surface area is 140 Å². The molecular formula is C18H18N4O2. The molecular weight excluding hydrogens is 304 g/mol. The van der Waals surface area contributed by atoms with Gasteiger partial charge >= 0.3 is 6.03 Å². The van der Waals surface area contributed by atoms with Crippen LogP contribution in [0.5, 0.6) is 0 Å². The topological polar surface area (TPSA) is 108 Å². The van der Waals surface area contributed by atoms with Crippen LogP contribution in [-0.2, 0) is 4.79 Å². The maximum Gasteiger partial charge on any atom is 0.312 e. The highest BCUT2D eigenvalue weighted by atomic mass is 16.2. The number of anilines is 1. The Kier molecular flexibility index (Phi) is 5.53. The molecule has 0 fully saturated rings. The fourth-order valence-corrected chi connectivity index (χ4v) is 2.45. The number of nitriles is 1. The van der Waals surface area contributed by atoms with Gasteiger partial charge in [-0.25, -0.2) is 4.79 Å². The second kappa shape index (κ2) is 7.79. The zero-order chi connectivity index (χ0) is 17.5. The van der Waals surface area contributed by atoms with E-state index >= 15 is 0 Å². The minimum Gasteiger partial charge on any atom is -0.352 e. The van der Waals surface area contributed by atoms with Crippen LogP contribution in [0.15, 0.2) is 48.5 Å². The predicted molar refractivity (Wildman–Crippen MR) is 91.0 cm³/mol. The van der Waals surface area contributed by atoms with Gasteiger partial charge in [0.2, 0.25) is 5.91 Å². The third kappa shape index (κ3) is 4.58. The molecule has 3 amide bonds. The average Bonchev–Trinajstić information content (AvgIpc) is 2.54. The average molecular weight is 322 g/mol. The smallest absolute Gasteiger partial charge is 0.312 e. The molecule has 6 nitrogen and oxygen atoms in total. The molecule has 0 saturated carbocycles. The van der Waals surface area contributed by atoms with E-state index in [0.717, 1.165) is 11.1 Å². The molecule has 24 heavy (non-hydrogen) atoms. The Balaban J connectivity index is 2.14. The minimum atomic E-state index is -0.692. The lowest BCUT2D eigenvalue weighted by Gasteiger charge is -2.19. The maximum absolute atomic E-state index is 12.3. The van der Waals surface area contributed by atoms with E-state index in [9.17, 15) is 9.59 Å². The Morgan fingerprint density at radius 2 is 1.96 bits per heavy atom. The molecule has 2 rings (SSSR count). The molecule has 2 aromatic carbocycles. The number of nitrogens with two attached hydrogens (primary N) is 1. The van der Waals surface area contributed by atoms with E-state index in [4.69, 9.17) is 11.0 Å². The maximum atomic E-state index is 12.3. The number of carbonyl (C=O) groups is 2. The van der Waals surface area contributed by atoms with Crippen molar-refractivity contribution in [3.63, 3.8) is 0 Å². The molecule has 0 aliphatic heterocycles. The van der Waals surface area contributed by atoms with Gasteiger partial charge in [-0.1, -0.05) is 30.3 Å². The number of aryl methyl sites for hydroxylation is 1. The van der Waals surface area contributed by atoms with Crippen molar-refractivity contribution in [3.05, 3.63) is 65.2 Å². The lowest BCUT2D eigenvalue weighted by molar-refractivity contribution is -0.116. The fourth-order valence-electron chi connectivity index (χ4n) is 2.45. The highest BCUT2D eigenvalue weighted by Gasteiger charge is 2.19. The van der Waals surface area contributed by atoms with Crippen molar-refractivity contribution in [2.24, 2.45) is 5.73 Å². The molecule has 4 N–H and O–H groups in total. The first-order valence-corrected chi connectivity index (χ1v) is 7.41. The molecule has 0 aromatic heterocycles. The van der Waals surface area contributed by atoms with Crippen LogP contribution in [0.3, 0.4) is 0 Å². The number of hydrogen-bond acceptors (Lipinski definition) is 3. The molecule has 0 spiro atoms. The van der Waals surface area contributed by atoms with Crippen LogP contribution >= 0.6 is 0 Å². The highest BCUT2D eigenvalue weighted by molar-refractivity contribution is 5.91. The standard InChI is InChI=1S/C18H18N4O2/c1-12-5-2-3-8-15(12)16(22-18(20)24)10-17(23)21-14-7-4-6-13(9-14)11-19/h2-9,16H,10H2,1H3,(H,21,23)(H3,20,22,24). The summed E-state index contributed by atoms with van der Waals surface area (Å²) in [5, 5.41) is 14.2. The zero-order valence-corrected chi connectivity index (χ0v) is 13.2. The highest BCUT2D eigenvalue weighted by Crippen LogP contribution is 2.21. The number of hydrogen-bond donors (Lipinski definition) is 3. The van der Waals surface area contributed by atoms with E-state index < -0.39 is 12.1 Å². The molecule has 0 aliphatic rings. The summed E-state index contributed by atoms with van der Waals surface area (Å²) in [6.45, 7) is 1.90. The molecule has 2 aromatic rings. The summed E-state index contributed by atoms with van der Waals surface area (Å²) in [6.07, 6.45) is 0.0323. The van der Waals surface area contributed by atoms with Crippen LogP contribution in [0.2, 0.25) is 0 Å². The summed E-state index contributed by atoms with van der Waals surface area (Å²) in [4.78, 5) is 23.6. The predicted octanol–water partition coefficient (Wildman–Crippen LogP) is 2.60. The molecule has 0 aliphatic carbocycles. The van der Waals surface area contributed by atoms with E-state index in [0.29, 0.717) is 11.3 Å². The Hall–Kier alpha value is -3.33. The number of nitrogens with one attached hydrogen (secondary N) is 2. The van der Waals surface area contributed by atoms with Gasteiger partial charge in [-0.3, -0.25) is 4.79 Å². The van der Waals surface area contributed by atoms with Crippen LogP contribution < -0.4 is 16.4 Å². The summed E-state index contributed by atoms with van der Waals surface area (Å²) in [5.74, 6) is -0.285. The van der Waals surface area contributed by atoms with Gasteiger partial charge in [0.05, 0.1) is 24.1 Å². The van der Waals surface area contributed by atoms with Crippen LogP contribution in [-0.4, -0.2) is 11.9 Å². The number of benzene rings is 2. The third-order valence-electron chi connectivity index (χ3n) is 3.55. The van der Waals surface area contributed by atoms with Crippen molar-refractivity contribution >= 4 is 17.6 Å². The fraction of sp³-hybridized carbons (Fsp3) is 0.167. The molecule has 0 radical (unpaired) electrons. The van der Waals surface area contributed by atoms with Crippen molar-refractivity contribution in [1.29, 1.82) is 5.26 Å². The van der Waals surface area contributed by atoms with Crippen molar-refractivity contribution in [2.45, 2.75) is 19.4 Å². The Morgan fingerprint density at radius 3 is 2.62 bits per heavy atom. The molecule has 0 heterocycles. The van der Waals surface area contributed by atoms with Crippen LogP contribution in [0, 0.1) is 18.3 Å². The van der Waals surface area contributed by atoms with Gasteiger partial charge in [-0.05, 0) is 36.2 Å². The summed E-state index contributed by atoms with van der Waals surface area (Å²) < 4.78 is 0. The summed E-state index contributed by atoms with van der Waals surface area (Å²) >= 11 is 0. The summed E-state index contributed by atoms with van der Waals surface area (Å²) in [7, 11) is 0. The molecule has 1 unspecified atom stereocenters. The Bertz CT molecular complexity index is 796. The number of urea groups is 1. The van der Waals surface area contributed by atoms with Gasteiger partial charge in [0, 0.05) is 5.69 Å². The number of primary amides is 1. The van der Waals surface area contributed by atoms with E-state index in [2.05, 4.69) is 10.6 Å². The number of carbonyl (C=O) groups excluding carboxylic acids is 2. The molecule has 122 valence electrons. The first-order chi connectivity index (χ1) is 11.5. The van der Waals surface area contributed by atoms with Crippen molar-refractivity contribution in [3.8, 4) is 6.07 Å². The van der Waals surface area contributed by atoms with Crippen molar-refractivity contribution in [1.82, 2.24) is 5.32 Å². The van der Waals surface area contributed by atoms with E-state index in [1.165, 1.54) is 0 Å². The first kappa shape index (κ1) is 17.0. The number of rotatable bonds is 5. The van der Waals surface area contributed by atoms with Gasteiger partial charge in [-0.15, -0.1) is 0 Å². The number of amides is 3. The van der Waals surface area contributed by atoms with Gasteiger partial charge in [-0.2, -0.15) is 5.26 Å².